The third kappa shape index (κ3) is 3.45. The van der Waals surface area contributed by atoms with Crippen molar-refractivity contribution in [3.63, 3.8) is 0 Å². The Morgan fingerprint density at radius 2 is 1.79 bits per heavy atom. The van der Waals surface area contributed by atoms with Gasteiger partial charge in [0, 0.05) is 13.1 Å². The molecule has 0 aromatic heterocycles. The first-order valence-corrected chi connectivity index (χ1v) is 10.4. The van der Waals surface area contributed by atoms with Gasteiger partial charge in [-0.3, -0.25) is 9.69 Å². The zero-order chi connectivity index (χ0) is 19.7. The lowest BCUT2D eigenvalue weighted by atomic mass is 9.79. The molecule has 4 rings (SSSR count). The highest BCUT2D eigenvalue weighted by atomic mass is 35.5. The van der Waals surface area contributed by atoms with Crippen LogP contribution in [0.2, 0.25) is 5.02 Å². The Morgan fingerprint density at radius 1 is 1.07 bits per heavy atom. The van der Waals surface area contributed by atoms with Gasteiger partial charge >= 0.3 is 0 Å². The predicted molar refractivity (Wildman–Crippen MR) is 112 cm³/mol. The fourth-order valence-electron chi connectivity index (χ4n) is 4.70. The first-order valence-electron chi connectivity index (χ1n) is 10.1. The van der Waals surface area contributed by atoms with Crippen LogP contribution in [-0.4, -0.2) is 53.0 Å². The molecule has 148 valence electrons. The molecule has 1 N–H and O–H groups in total. The van der Waals surface area contributed by atoms with E-state index >= 15 is 0 Å². The lowest BCUT2D eigenvalue weighted by molar-refractivity contribution is -0.0878. The Hall–Kier alpha value is -1.88. The Bertz CT molecular complexity index is 831. The molecule has 0 unspecified atom stereocenters. The number of benzene rings is 2. The number of likely N-dealkylation sites (tertiary alicyclic amines) is 2. The van der Waals surface area contributed by atoms with Crippen LogP contribution < -0.4 is 0 Å². The highest BCUT2D eigenvalue weighted by Crippen LogP contribution is 2.38. The summed E-state index contributed by atoms with van der Waals surface area (Å²) >= 11 is 6.35. The second-order valence-corrected chi connectivity index (χ2v) is 8.39. The minimum absolute atomic E-state index is 0.0394. The molecule has 0 bridgehead atoms. The molecule has 2 fully saturated rings. The van der Waals surface area contributed by atoms with Crippen molar-refractivity contribution in [3.05, 3.63) is 70.2 Å². The number of hydrogen-bond donors (Lipinski definition) is 1. The normalized spacial score (nSPS) is 25.8. The van der Waals surface area contributed by atoms with Crippen LogP contribution in [0.1, 0.15) is 40.7 Å². The van der Waals surface area contributed by atoms with Gasteiger partial charge in [0.2, 0.25) is 0 Å². The number of carbonyl (C=O) groups excluding carboxylic acids is 1. The maximum atomic E-state index is 13.3. The van der Waals surface area contributed by atoms with Crippen molar-refractivity contribution in [2.75, 3.05) is 26.2 Å². The first kappa shape index (κ1) is 19.4. The van der Waals surface area contributed by atoms with E-state index in [1.54, 1.807) is 6.07 Å². The fraction of sp³-hybridized carbons (Fsp3) is 0.435. The number of rotatable bonds is 3. The summed E-state index contributed by atoms with van der Waals surface area (Å²) < 4.78 is 0. The molecular weight excluding hydrogens is 372 g/mol. The summed E-state index contributed by atoms with van der Waals surface area (Å²) in [6.45, 7) is 4.87. The average Bonchev–Trinajstić information content (AvgIpc) is 3.23. The summed E-state index contributed by atoms with van der Waals surface area (Å²) in [4.78, 5) is 17.5. The summed E-state index contributed by atoms with van der Waals surface area (Å²) in [6, 6.07) is 15.3. The molecule has 5 heteroatoms. The molecule has 0 aliphatic carbocycles. The topological polar surface area (TPSA) is 43.8 Å². The smallest absolute Gasteiger partial charge is 0.255 e. The average molecular weight is 399 g/mol. The van der Waals surface area contributed by atoms with E-state index in [9.17, 15) is 9.90 Å². The summed E-state index contributed by atoms with van der Waals surface area (Å²) in [5.74, 6) is -0.0394. The monoisotopic (exact) mass is 398 g/mol. The van der Waals surface area contributed by atoms with Crippen molar-refractivity contribution in [2.45, 2.75) is 37.8 Å². The van der Waals surface area contributed by atoms with Crippen LogP contribution in [-0.2, 0) is 5.60 Å². The third-order valence-corrected chi connectivity index (χ3v) is 6.60. The van der Waals surface area contributed by atoms with Crippen molar-refractivity contribution in [3.8, 4) is 0 Å². The Labute approximate surface area is 171 Å². The number of aryl methyl sites for hydroxylation is 1. The third-order valence-electron chi connectivity index (χ3n) is 6.29. The van der Waals surface area contributed by atoms with Gasteiger partial charge in [0.25, 0.3) is 5.91 Å². The van der Waals surface area contributed by atoms with Crippen LogP contribution >= 0.6 is 11.6 Å². The number of halogens is 1. The van der Waals surface area contributed by atoms with Crippen molar-refractivity contribution in [2.24, 2.45) is 0 Å². The van der Waals surface area contributed by atoms with Gasteiger partial charge in [0.15, 0.2) is 0 Å². The molecule has 2 aliphatic rings. The molecule has 4 nitrogen and oxygen atoms in total. The first-order chi connectivity index (χ1) is 13.5. The largest absolute Gasteiger partial charge is 0.383 e. The molecule has 0 radical (unpaired) electrons. The van der Waals surface area contributed by atoms with Crippen LogP contribution in [0.4, 0.5) is 0 Å². The number of nitrogens with zero attached hydrogens (tertiary/aromatic N) is 2. The molecule has 2 aliphatic heterocycles. The lowest BCUT2D eigenvalue weighted by Gasteiger charge is -2.48. The van der Waals surface area contributed by atoms with E-state index in [1.165, 1.54) is 0 Å². The van der Waals surface area contributed by atoms with Crippen molar-refractivity contribution in [1.29, 1.82) is 0 Å². The Morgan fingerprint density at radius 3 is 2.46 bits per heavy atom. The van der Waals surface area contributed by atoms with Crippen LogP contribution in [0, 0.1) is 6.92 Å². The van der Waals surface area contributed by atoms with Crippen LogP contribution in [0.15, 0.2) is 48.5 Å². The maximum Gasteiger partial charge on any atom is 0.255 e. The molecular formula is C23H27ClN2O2. The van der Waals surface area contributed by atoms with Crippen molar-refractivity contribution >= 4 is 17.5 Å². The lowest BCUT2D eigenvalue weighted by Crippen LogP contribution is -2.61. The minimum atomic E-state index is -0.947. The van der Waals surface area contributed by atoms with Crippen LogP contribution in [0.3, 0.4) is 0 Å². The molecule has 0 saturated carbocycles. The summed E-state index contributed by atoms with van der Waals surface area (Å²) in [6.07, 6.45) is 2.80. The molecule has 2 atom stereocenters. The number of aliphatic hydroxyl groups is 1. The standard InChI is InChI=1S/C23H27ClN2O2/c1-17-8-7-11-19(24)21(17)22(27)26-15-12-23(28,18-9-3-2-4-10-18)20(16-26)25-13-5-6-14-25/h2-4,7-11,20,28H,5-6,12-16H2,1H3/t20-,23+/m1/s1. The van der Waals surface area contributed by atoms with Gasteiger partial charge < -0.3 is 10.0 Å². The summed E-state index contributed by atoms with van der Waals surface area (Å²) in [7, 11) is 0. The highest BCUT2D eigenvalue weighted by Gasteiger charge is 2.47. The van der Waals surface area contributed by atoms with Gasteiger partial charge in [-0.25, -0.2) is 0 Å². The molecule has 2 saturated heterocycles. The molecule has 28 heavy (non-hydrogen) atoms. The molecule has 2 aromatic carbocycles. The van der Waals surface area contributed by atoms with Gasteiger partial charge in [-0.1, -0.05) is 54.1 Å². The molecule has 1 amide bonds. The zero-order valence-electron chi connectivity index (χ0n) is 16.3. The highest BCUT2D eigenvalue weighted by molar-refractivity contribution is 6.34. The van der Waals surface area contributed by atoms with Gasteiger partial charge in [-0.05, 0) is 56.5 Å². The van der Waals surface area contributed by atoms with Gasteiger partial charge in [-0.2, -0.15) is 0 Å². The minimum Gasteiger partial charge on any atom is -0.383 e. The van der Waals surface area contributed by atoms with E-state index < -0.39 is 5.60 Å². The summed E-state index contributed by atoms with van der Waals surface area (Å²) in [5.41, 5.74) is 1.46. The van der Waals surface area contributed by atoms with Gasteiger partial charge in [0.05, 0.1) is 16.6 Å². The van der Waals surface area contributed by atoms with Gasteiger partial charge in [-0.15, -0.1) is 0 Å². The van der Waals surface area contributed by atoms with Gasteiger partial charge in [0.1, 0.15) is 5.60 Å². The maximum absolute atomic E-state index is 13.3. The molecule has 2 aromatic rings. The quantitative estimate of drug-likeness (QED) is 0.854. The fourth-order valence-corrected chi connectivity index (χ4v) is 5.01. The van der Waals surface area contributed by atoms with E-state index in [0.29, 0.717) is 30.1 Å². The van der Waals surface area contributed by atoms with E-state index in [4.69, 9.17) is 11.6 Å². The van der Waals surface area contributed by atoms with Crippen LogP contribution in [0.25, 0.3) is 0 Å². The second kappa shape index (κ2) is 7.86. The number of piperidine rings is 1. The number of amides is 1. The Kier molecular flexibility index (Phi) is 5.46. The zero-order valence-corrected chi connectivity index (χ0v) is 17.0. The van der Waals surface area contributed by atoms with Crippen LogP contribution in [0.5, 0.6) is 0 Å². The van der Waals surface area contributed by atoms with E-state index in [1.807, 2.05) is 54.3 Å². The SMILES string of the molecule is Cc1cccc(Cl)c1C(=O)N1CC[C@](O)(c2ccccc2)[C@H](N2CCCC2)C1. The van der Waals surface area contributed by atoms with E-state index in [-0.39, 0.29) is 11.9 Å². The second-order valence-electron chi connectivity index (χ2n) is 7.98. The van der Waals surface area contributed by atoms with Crippen molar-refractivity contribution in [1.82, 2.24) is 9.80 Å². The predicted octanol–water partition coefficient (Wildman–Crippen LogP) is 3.85. The Balaban J connectivity index is 1.65. The molecule has 0 spiro atoms. The number of hydrogen-bond acceptors (Lipinski definition) is 3. The molecule has 2 heterocycles. The van der Waals surface area contributed by atoms with E-state index in [2.05, 4.69) is 4.90 Å². The van der Waals surface area contributed by atoms with Crippen molar-refractivity contribution < 1.29 is 9.90 Å². The van der Waals surface area contributed by atoms with E-state index in [0.717, 1.165) is 37.1 Å². The summed E-state index contributed by atoms with van der Waals surface area (Å²) in [5, 5.41) is 12.2. The number of carbonyl (C=O) groups is 1.